The number of rotatable bonds is 11. The largest absolute Gasteiger partial charge is 0.379 e. The lowest BCUT2D eigenvalue weighted by atomic mass is 10.1. The highest BCUT2D eigenvalue weighted by Crippen LogP contribution is 2.19. The Hall–Kier alpha value is -0.990. The van der Waals surface area contributed by atoms with Crippen LogP contribution in [0.4, 0.5) is 0 Å². The highest BCUT2D eigenvalue weighted by molar-refractivity contribution is 7.89. The highest BCUT2D eigenvalue weighted by Gasteiger charge is 2.26. The molecular weight excluding hydrogens is 422 g/mol. The third-order valence-electron chi connectivity index (χ3n) is 6.96. The summed E-state index contributed by atoms with van der Waals surface area (Å²) in [6.45, 7) is 12.3. The Morgan fingerprint density at radius 3 is 2.25 bits per heavy atom. The molecule has 0 spiro atoms. The van der Waals surface area contributed by atoms with Crippen molar-refractivity contribution in [3.05, 3.63) is 29.8 Å². The van der Waals surface area contributed by atoms with E-state index >= 15 is 0 Å². The predicted octanol–water partition coefficient (Wildman–Crippen LogP) is 3.62. The van der Waals surface area contributed by atoms with Gasteiger partial charge in [-0.05, 0) is 89.4 Å². The zero-order chi connectivity index (χ0) is 22.8. The van der Waals surface area contributed by atoms with Crippen molar-refractivity contribution in [1.82, 2.24) is 14.1 Å². The minimum absolute atomic E-state index is 0.386. The fraction of sp³-hybridized carbons (Fsp3) is 0.760. The average molecular weight is 466 g/mol. The van der Waals surface area contributed by atoms with Gasteiger partial charge in [0.15, 0.2) is 0 Å². The van der Waals surface area contributed by atoms with Crippen molar-refractivity contribution in [2.24, 2.45) is 0 Å². The van der Waals surface area contributed by atoms with Crippen LogP contribution in [0.25, 0.3) is 0 Å². The molecule has 0 bridgehead atoms. The van der Waals surface area contributed by atoms with Gasteiger partial charge < -0.3 is 14.5 Å². The van der Waals surface area contributed by atoms with E-state index in [0.717, 1.165) is 19.5 Å². The minimum atomic E-state index is -3.42. The molecule has 32 heavy (non-hydrogen) atoms. The summed E-state index contributed by atoms with van der Waals surface area (Å²) in [6.07, 6.45) is 8.99. The van der Waals surface area contributed by atoms with Gasteiger partial charge in [0.25, 0.3) is 0 Å². The molecule has 2 saturated heterocycles. The zero-order valence-corrected chi connectivity index (χ0v) is 21.0. The Labute approximate surface area is 196 Å². The van der Waals surface area contributed by atoms with E-state index < -0.39 is 10.0 Å². The number of hydrogen-bond donors (Lipinski definition) is 0. The smallest absolute Gasteiger partial charge is 0.243 e. The number of likely N-dealkylation sites (N-methyl/N-ethyl adjacent to an activating group) is 1. The second kappa shape index (κ2) is 13.0. The third kappa shape index (κ3) is 7.52. The van der Waals surface area contributed by atoms with Crippen molar-refractivity contribution < 1.29 is 13.2 Å². The molecule has 0 saturated carbocycles. The highest BCUT2D eigenvalue weighted by atomic mass is 32.2. The molecule has 0 N–H and O–H groups in total. The lowest BCUT2D eigenvalue weighted by Gasteiger charge is -2.29. The van der Waals surface area contributed by atoms with Crippen LogP contribution in [0.3, 0.4) is 0 Å². The predicted molar refractivity (Wildman–Crippen MR) is 131 cm³/mol. The first kappa shape index (κ1) is 25.6. The lowest BCUT2D eigenvalue weighted by molar-refractivity contribution is 0.0730. The fourth-order valence-electron chi connectivity index (χ4n) is 4.90. The Morgan fingerprint density at radius 2 is 1.62 bits per heavy atom. The van der Waals surface area contributed by atoms with Gasteiger partial charge in [-0.1, -0.05) is 31.9 Å². The number of ether oxygens (including phenoxy) is 1. The van der Waals surface area contributed by atoms with E-state index in [1.165, 1.54) is 68.0 Å². The van der Waals surface area contributed by atoms with Gasteiger partial charge in [0.05, 0.1) is 18.1 Å². The summed E-state index contributed by atoms with van der Waals surface area (Å²) in [5, 5.41) is 0. The molecule has 0 amide bonds. The van der Waals surface area contributed by atoms with Gasteiger partial charge in [-0.25, -0.2) is 8.42 Å². The summed E-state index contributed by atoms with van der Waals surface area (Å²) in [4.78, 5) is 5.59. The Balaban J connectivity index is 1.45. The van der Waals surface area contributed by atoms with Gasteiger partial charge in [0.1, 0.15) is 0 Å². The van der Waals surface area contributed by atoms with Crippen molar-refractivity contribution in [2.45, 2.75) is 69.7 Å². The molecule has 1 aromatic rings. The second-order valence-electron chi connectivity index (χ2n) is 9.31. The molecule has 1 atom stereocenters. The van der Waals surface area contributed by atoms with Crippen molar-refractivity contribution in [3.8, 4) is 0 Å². The van der Waals surface area contributed by atoms with Gasteiger partial charge in [0.2, 0.25) is 10.0 Å². The summed E-state index contributed by atoms with van der Waals surface area (Å²) < 4.78 is 32.4. The number of sulfonamides is 1. The van der Waals surface area contributed by atoms with E-state index in [1.54, 1.807) is 12.1 Å². The molecule has 0 radical (unpaired) electrons. The third-order valence-corrected chi connectivity index (χ3v) is 8.87. The number of nitrogens with zero attached hydrogens (tertiary/aromatic N) is 3. The van der Waals surface area contributed by atoms with Crippen LogP contribution in [0.2, 0.25) is 0 Å². The van der Waals surface area contributed by atoms with E-state index in [9.17, 15) is 8.42 Å². The number of likely N-dealkylation sites (tertiary alicyclic amines) is 1. The minimum Gasteiger partial charge on any atom is -0.379 e. The number of unbranched alkanes of at least 4 members (excludes halogenated alkanes) is 1. The van der Waals surface area contributed by atoms with Crippen LogP contribution in [0.15, 0.2) is 29.2 Å². The van der Waals surface area contributed by atoms with E-state index in [4.69, 9.17) is 4.74 Å². The molecule has 2 aliphatic rings. The molecular formula is C25H43N3O3S. The Bertz CT molecular complexity index is 755. The van der Waals surface area contributed by atoms with E-state index in [-0.39, 0.29) is 0 Å². The molecule has 7 heteroatoms. The maximum Gasteiger partial charge on any atom is 0.243 e. The molecule has 0 aromatic heterocycles. The summed E-state index contributed by atoms with van der Waals surface area (Å²) in [7, 11) is -3.42. The monoisotopic (exact) mass is 465 g/mol. The molecule has 182 valence electrons. The summed E-state index contributed by atoms with van der Waals surface area (Å²) in [5.74, 6) is 0. The number of hydrogen-bond acceptors (Lipinski definition) is 5. The first-order valence-corrected chi connectivity index (χ1v) is 14.1. The van der Waals surface area contributed by atoms with Gasteiger partial charge in [0, 0.05) is 19.1 Å². The molecule has 0 aliphatic carbocycles. The average Bonchev–Trinajstić information content (AvgIpc) is 3.09. The van der Waals surface area contributed by atoms with E-state index in [2.05, 4.69) is 23.6 Å². The van der Waals surface area contributed by atoms with Crippen molar-refractivity contribution in [3.63, 3.8) is 0 Å². The van der Waals surface area contributed by atoms with Crippen molar-refractivity contribution in [2.75, 3.05) is 59.0 Å². The van der Waals surface area contributed by atoms with Gasteiger partial charge in [-0.3, -0.25) is 0 Å². The van der Waals surface area contributed by atoms with Crippen LogP contribution in [-0.4, -0.2) is 87.6 Å². The molecule has 2 fully saturated rings. The van der Waals surface area contributed by atoms with Crippen LogP contribution >= 0.6 is 0 Å². The molecule has 3 rings (SSSR count). The summed E-state index contributed by atoms with van der Waals surface area (Å²) in [6, 6.07) is 7.95. The summed E-state index contributed by atoms with van der Waals surface area (Å²) >= 11 is 0. The zero-order valence-electron chi connectivity index (χ0n) is 20.2. The van der Waals surface area contributed by atoms with Crippen molar-refractivity contribution >= 4 is 10.0 Å². The van der Waals surface area contributed by atoms with E-state index in [0.29, 0.717) is 37.2 Å². The van der Waals surface area contributed by atoms with Crippen LogP contribution in [0.1, 0.15) is 57.9 Å². The van der Waals surface area contributed by atoms with Crippen LogP contribution in [0.5, 0.6) is 0 Å². The lowest BCUT2D eigenvalue weighted by Crippen LogP contribution is -2.40. The van der Waals surface area contributed by atoms with Crippen LogP contribution in [-0.2, 0) is 21.2 Å². The standard InChI is InChI=1S/C25H43N3O3S/c1-3-27(17-9-8-16-26-14-6-4-5-7-15-26)23(2)22-24-10-12-25(13-11-24)32(29,30)28-18-20-31-21-19-28/h10-13,23H,3-9,14-22H2,1-2H3. The number of morpholine rings is 1. The van der Waals surface area contributed by atoms with Crippen LogP contribution in [0, 0.1) is 0 Å². The SMILES string of the molecule is CCN(CCCCN1CCCCCC1)C(C)Cc1ccc(S(=O)(=O)N2CCOCC2)cc1. The normalized spacial score (nSPS) is 20.3. The second-order valence-corrected chi connectivity index (χ2v) is 11.2. The topological polar surface area (TPSA) is 53.1 Å². The fourth-order valence-corrected chi connectivity index (χ4v) is 6.31. The Kier molecular flexibility index (Phi) is 10.4. The molecule has 1 unspecified atom stereocenters. The van der Waals surface area contributed by atoms with Gasteiger partial charge in [-0.15, -0.1) is 0 Å². The molecule has 6 nitrogen and oxygen atoms in total. The summed E-state index contributed by atoms with van der Waals surface area (Å²) in [5.41, 5.74) is 1.20. The Morgan fingerprint density at radius 1 is 0.969 bits per heavy atom. The quantitative estimate of drug-likeness (QED) is 0.467. The molecule has 2 aliphatic heterocycles. The van der Waals surface area contributed by atoms with E-state index in [1.807, 2.05) is 12.1 Å². The molecule has 2 heterocycles. The first-order chi connectivity index (χ1) is 15.5. The van der Waals surface area contributed by atoms with Gasteiger partial charge >= 0.3 is 0 Å². The number of benzene rings is 1. The maximum absolute atomic E-state index is 12.8. The maximum atomic E-state index is 12.8. The van der Waals surface area contributed by atoms with Crippen molar-refractivity contribution in [1.29, 1.82) is 0 Å². The first-order valence-electron chi connectivity index (χ1n) is 12.6. The molecule has 1 aromatic carbocycles. The van der Waals surface area contributed by atoms with Crippen LogP contribution < -0.4 is 0 Å². The van der Waals surface area contributed by atoms with Gasteiger partial charge in [-0.2, -0.15) is 4.31 Å².